The standard InChI is InChI=1S/C19H25N3O4/c1-2-3-7-14(12-21(25)13-23)19(24)22-11-6-9-16(22)18-20-15-8-4-5-10-17(15)26-18/h4-5,8,10,13-14,16,25H,2-3,6-7,9,11-12H2,1H3/t14-,16-/m1/s1. The summed E-state index contributed by atoms with van der Waals surface area (Å²) in [6, 6.07) is 7.36. The Balaban J connectivity index is 1.80. The third-order valence-electron chi connectivity index (χ3n) is 4.92. The lowest BCUT2D eigenvalue weighted by atomic mass is 9.99. The first-order valence-electron chi connectivity index (χ1n) is 9.20. The Morgan fingerprint density at radius 1 is 1.50 bits per heavy atom. The molecule has 2 heterocycles. The van der Waals surface area contributed by atoms with Gasteiger partial charge in [0.1, 0.15) is 11.6 Å². The Bertz CT molecular complexity index is 727. The zero-order valence-corrected chi connectivity index (χ0v) is 15.0. The van der Waals surface area contributed by atoms with E-state index in [1.54, 1.807) is 4.90 Å². The van der Waals surface area contributed by atoms with Crippen LogP contribution in [0.25, 0.3) is 11.1 Å². The molecule has 0 radical (unpaired) electrons. The number of nitrogens with zero attached hydrogens (tertiary/aromatic N) is 3. The molecule has 1 aliphatic heterocycles. The van der Waals surface area contributed by atoms with Crippen LogP contribution in [0.2, 0.25) is 0 Å². The van der Waals surface area contributed by atoms with Gasteiger partial charge in [0, 0.05) is 6.54 Å². The monoisotopic (exact) mass is 359 g/mol. The highest BCUT2D eigenvalue weighted by atomic mass is 16.5. The number of unbranched alkanes of at least 4 members (excludes halogenated alkanes) is 1. The molecule has 2 aromatic rings. The van der Waals surface area contributed by atoms with Crippen molar-refractivity contribution in [1.29, 1.82) is 0 Å². The third kappa shape index (κ3) is 3.88. The number of amides is 2. The number of hydrogen-bond acceptors (Lipinski definition) is 5. The van der Waals surface area contributed by atoms with Gasteiger partial charge in [-0.3, -0.25) is 14.8 Å². The second-order valence-corrected chi connectivity index (χ2v) is 6.78. The Kier molecular flexibility index (Phi) is 5.88. The Hall–Kier alpha value is -2.41. The van der Waals surface area contributed by atoms with Crippen LogP contribution in [0.5, 0.6) is 0 Å². The minimum atomic E-state index is -0.421. The summed E-state index contributed by atoms with van der Waals surface area (Å²) in [5.74, 6) is 0.0850. The van der Waals surface area contributed by atoms with Crippen LogP contribution < -0.4 is 0 Å². The van der Waals surface area contributed by atoms with Gasteiger partial charge in [-0.15, -0.1) is 0 Å². The zero-order valence-electron chi connectivity index (χ0n) is 15.0. The fourth-order valence-corrected chi connectivity index (χ4v) is 3.57. The topological polar surface area (TPSA) is 86.9 Å². The van der Waals surface area contributed by atoms with E-state index in [-0.39, 0.29) is 18.5 Å². The van der Waals surface area contributed by atoms with E-state index in [2.05, 4.69) is 11.9 Å². The molecule has 1 aliphatic rings. The van der Waals surface area contributed by atoms with Crippen molar-refractivity contribution >= 4 is 23.4 Å². The lowest BCUT2D eigenvalue weighted by Gasteiger charge is -2.28. The molecule has 0 bridgehead atoms. The van der Waals surface area contributed by atoms with Gasteiger partial charge in [-0.1, -0.05) is 31.9 Å². The number of likely N-dealkylation sites (tertiary alicyclic amines) is 1. The van der Waals surface area contributed by atoms with Crippen molar-refractivity contribution in [2.75, 3.05) is 13.1 Å². The molecule has 7 heteroatoms. The van der Waals surface area contributed by atoms with Gasteiger partial charge >= 0.3 is 0 Å². The van der Waals surface area contributed by atoms with Crippen LogP contribution in [-0.2, 0) is 9.59 Å². The molecule has 0 unspecified atom stereocenters. The lowest BCUT2D eigenvalue weighted by molar-refractivity contribution is -0.157. The summed E-state index contributed by atoms with van der Waals surface area (Å²) in [6.45, 7) is 2.70. The average Bonchev–Trinajstić information content (AvgIpc) is 3.30. The van der Waals surface area contributed by atoms with Crippen LogP contribution in [0.15, 0.2) is 28.7 Å². The highest BCUT2D eigenvalue weighted by molar-refractivity contribution is 5.80. The van der Waals surface area contributed by atoms with Gasteiger partial charge in [-0.2, -0.15) is 0 Å². The first kappa shape index (κ1) is 18.4. The van der Waals surface area contributed by atoms with E-state index in [9.17, 15) is 14.8 Å². The predicted molar refractivity (Wildman–Crippen MR) is 95.3 cm³/mol. The van der Waals surface area contributed by atoms with Crippen LogP contribution in [0, 0.1) is 5.92 Å². The van der Waals surface area contributed by atoms with Crippen LogP contribution in [0.3, 0.4) is 0 Å². The van der Waals surface area contributed by atoms with Crippen molar-refractivity contribution in [2.45, 2.75) is 45.1 Å². The molecule has 0 saturated carbocycles. The number of fused-ring (bicyclic) bond motifs is 1. The quantitative estimate of drug-likeness (QED) is 0.444. The third-order valence-corrected chi connectivity index (χ3v) is 4.92. The van der Waals surface area contributed by atoms with Crippen molar-refractivity contribution in [1.82, 2.24) is 14.9 Å². The normalized spacial score (nSPS) is 18.2. The van der Waals surface area contributed by atoms with Crippen molar-refractivity contribution in [3.8, 4) is 0 Å². The molecule has 1 N–H and O–H groups in total. The molecule has 2 amide bonds. The number of hydroxylamine groups is 2. The average molecular weight is 359 g/mol. The summed E-state index contributed by atoms with van der Waals surface area (Å²) in [6.07, 6.45) is 4.47. The lowest BCUT2D eigenvalue weighted by Crippen LogP contribution is -2.40. The molecule has 1 saturated heterocycles. The van der Waals surface area contributed by atoms with Gasteiger partial charge in [0.05, 0.1) is 12.5 Å². The number of carbonyl (C=O) groups excluding carboxylic acids is 2. The number of benzene rings is 1. The summed E-state index contributed by atoms with van der Waals surface area (Å²) in [4.78, 5) is 30.2. The highest BCUT2D eigenvalue weighted by Gasteiger charge is 2.36. The van der Waals surface area contributed by atoms with E-state index in [4.69, 9.17) is 4.42 Å². The summed E-state index contributed by atoms with van der Waals surface area (Å²) in [7, 11) is 0. The number of rotatable bonds is 8. The molecular weight excluding hydrogens is 334 g/mol. The highest BCUT2D eigenvalue weighted by Crippen LogP contribution is 2.34. The van der Waals surface area contributed by atoms with E-state index in [1.807, 2.05) is 24.3 Å². The maximum atomic E-state index is 13.1. The van der Waals surface area contributed by atoms with Gasteiger partial charge in [0.25, 0.3) is 0 Å². The molecule has 1 fully saturated rings. The Labute approximate surface area is 152 Å². The first-order valence-corrected chi connectivity index (χ1v) is 9.20. The first-order chi connectivity index (χ1) is 12.6. The maximum absolute atomic E-state index is 13.1. The van der Waals surface area contributed by atoms with E-state index >= 15 is 0 Å². The summed E-state index contributed by atoms with van der Waals surface area (Å²) >= 11 is 0. The molecule has 7 nitrogen and oxygen atoms in total. The van der Waals surface area contributed by atoms with Gasteiger partial charge in [-0.05, 0) is 31.4 Å². The van der Waals surface area contributed by atoms with Gasteiger partial charge < -0.3 is 9.32 Å². The Morgan fingerprint density at radius 2 is 2.31 bits per heavy atom. The van der Waals surface area contributed by atoms with Crippen LogP contribution in [0.1, 0.15) is 51.0 Å². The Morgan fingerprint density at radius 3 is 3.04 bits per heavy atom. The molecule has 0 spiro atoms. The molecule has 3 rings (SSSR count). The molecule has 1 aromatic carbocycles. The van der Waals surface area contributed by atoms with Crippen LogP contribution in [-0.4, -0.2) is 45.6 Å². The molecule has 1 aromatic heterocycles. The number of para-hydroxylation sites is 2. The van der Waals surface area contributed by atoms with Crippen LogP contribution >= 0.6 is 0 Å². The molecule has 140 valence electrons. The SMILES string of the molecule is CCCC[C@H](CN(O)C=O)C(=O)N1CCC[C@@H]1c1nc2ccccc2o1. The maximum Gasteiger partial charge on any atom is 0.233 e. The molecular formula is C19H25N3O4. The smallest absolute Gasteiger partial charge is 0.233 e. The van der Waals surface area contributed by atoms with E-state index in [1.165, 1.54) is 0 Å². The summed E-state index contributed by atoms with van der Waals surface area (Å²) in [5, 5.41) is 10.1. The predicted octanol–water partition coefficient (Wildman–Crippen LogP) is 3.15. The number of aromatic nitrogens is 1. The summed E-state index contributed by atoms with van der Waals surface area (Å²) in [5.41, 5.74) is 1.50. The van der Waals surface area contributed by atoms with Crippen molar-refractivity contribution < 1.29 is 19.2 Å². The van der Waals surface area contributed by atoms with Crippen molar-refractivity contribution in [3.05, 3.63) is 30.2 Å². The van der Waals surface area contributed by atoms with E-state index < -0.39 is 5.92 Å². The second-order valence-electron chi connectivity index (χ2n) is 6.78. The van der Waals surface area contributed by atoms with Gasteiger partial charge in [0.2, 0.25) is 18.2 Å². The fraction of sp³-hybridized carbons (Fsp3) is 0.526. The van der Waals surface area contributed by atoms with Crippen molar-refractivity contribution in [2.24, 2.45) is 5.92 Å². The van der Waals surface area contributed by atoms with Crippen LogP contribution in [0.4, 0.5) is 0 Å². The minimum Gasteiger partial charge on any atom is -0.438 e. The molecule has 26 heavy (non-hydrogen) atoms. The van der Waals surface area contributed by atoms with E-state index in [0.717, 1.165) is 31.2 Å². The molecule has 2 atom stereocenters. The fourth-order valence-electron chi connectivity index (χ4n) is 3.57. The second kappa shape index (κ2) is 8.31. The largest absolute Gasteiger partial charge is 0.438 e. The van der Waals surface area contributed by atoms with Gasteiger partial charge in [0.15, 0.2) is 5.58 Å². The molecule has 0 aliphatic carbocycles. The number of oxazole rings is 1. The minimum absolute atomic E-state index is 0.0130. The van der Waals surface area contributed by atoms with E-state index in [0.29, 0.717) is 35.9 Å². The summed E-state index contributed by atoms with van der Waals surface area (Å²) < 4.78 is 5.87. The zero-order chi connectivity index (χ0) is 18.5. The number of carbonyl (C=O) groups is 2. The van der Waals surface area contributed by atoms with Crippen molar-refractivity contribution in [3.63, 3.8) is 0 Å². The van der Waals surface area contributed by atoms with Gasteiger partial charge in [-0.25, -0.2) is 10.0 Å². The number of hydrogen-bond donors (Lipinski definition) is 1.